The third-order valence-corrected chi connectivity index (χ3v) is 3.12. The second kappa shape index (κ2) is 7.65. The fourth-order valence-electron chi connectivity index (χ4n) is 2.04. The molecule has 2 rings (SSSR count). The Balaban J connectivity index is 2.00. The van der Waals surface area contributed by atoms with Crippen LogP contribution in [-0.4, -0.2) is 12.0 Å². The molecule has 0 amide bonds. The molecule has 1 aromatic heterocycles. The van der Waals surface area contributed by atoms with Gasteiger partial charge in [0, 0.05) is 18.8 Å². The second-order valence-corrected chi connectivity index (χ2v) is 4.86. The minimum Gasteiger partial charge on any atom is -0.457 e. The summed E-state index contributed by atoms with van der Waals surface area (Å²) in [4.78, 5) is 4.28. The average Bonchev–Trinajstić information content (AvgIpc) is 2.47. The Kier molecular flexibility index (Phi) is 5.56. The fourth-order valence-corrected chi connectivity index (χ4v) is 2.04. The summed E-state index contributed by atoms with van der Waals surface area (Å²) in [7, 11) is 1.91. The minimum atomic E-state index is 0.743. The van der Waals surface area contributed by atoms with Crippen LogP contribution in [0.5, 0.6) is 11.5 Å². The van der Waals surface area contributed by atoms with Gasteiger partial charge in [0.05, 0.1) is 5.69 Å². The number of unbranched alkanes of at least 4 members (excludes halogenated alkanes) is 1. The highest BCUT2D eigenvalue weighted by Crippen LogP contribution is 2.22. The number of aromatic nitrogens is 1. The van der Waals surface area contributed by atoms with E-state index in [1.807, 2.05) is 31.3 Å². The van der Waals surface area contributed by atoms with Crippen molar-refractivity contribution < 1.29 is 4.74 Å². The van der Waals surface area contributed by atoms with Crippen LogP contribution in [0, 0.1) is 0 Å². The monoisotopic (exact) mass is 270 g/mol. The van der Waals surface area contributed by atoms with Crippen LogP contribution >= 0.6 is 0 Å². The Morgan fingerprint density at radius 2 is 1.90 bits per heavy atom. The summed E-state index contributed by atoms with van der Waals surface area (Å²) in [5.41, 5.74) is 2.34. The van der Waals surface area contributed by atoms with E-state index in [1.165, 1.54) is 18.4 Å². The lowest BCUT2D eigenvalue weighted by Crippen LogP contribution is -2.06. The van der Waals surface area contributed by atoms with Gasteiger partial charge in [-0.15, -0.1) is 0 Å². The van der Waals surface area contributed by atoms with Crippen molar-refractivity contribution in [2.45, 2.75) is 32.7 Å². The van der Waals surface area contributed by atoms with E-state index in [2.05, 4.69) is 29.4 Å². The number of nitrogens with one attached hydrogen (secondary N) is 1. The molecule has 3 heteroatoms. The molecule has 0 bridgehead atoms. The summed E-state index contributed by atoms with van der Waals surface area (Å²) < 4.78 is 5.86. The number of nitrogens with zero attached hydrogens (tertiary/aromatic N) is 1. The van der Waals surface area contributed by atoms with Crippen LogP contribution in [0.3, 0.4) is 0 Å². The van der Waals surface area contributed by atoms with Crippen molar-refractivity contribution in [3.8, 4) is 11.5 Å². The van der Waals surface area contributed by atoms with Gasteiger partial charge < -0.3 is 10.1 Å². The Bertz CT molecular complexity index is 523. The highest BCUT2D eigenvalue weighted by atomic mass is 16.5. The van der Waals surface area contributed by atoms with Gasteiger partial charge >= 0.3 is 0 Å². The Labute approximate surface area is 121 Å². The summed E-state index contributed by atoms with van der Waals surface area (Å²) in [6.45, 7) is 2.96. The van der Waals surface area contributed by atoms with Crippen LogP contribution < -0.4 is 10.1 Å². The molecule has 0 aliphatic heterocycles. The molecular formula is C17H22N2O. The van der Waals surface area contributed by atoms with Gasteiger partial charge in [0.1, 0.15) is 11.5 Å². The van der Waals surface area contributed by atoms with E-state index in [1.54, 1.807) is 6.20 Å². The topological polar surface area (TPSA) is 34.1 Å². The van der Waals surface area contributed by atoms with Crippen LogP contribution in [0.15, 0.2) is 42.6 Å². The van der Waals surface area contributed by atoms with Gasteiger partial charge in [0.25, 0.3) is 0 Å². The van der Waals surface area contributed by atoms with Crippen LogP contribution in [0.4, 0.5) is 0 Å². The summed E-state index contributed by atoms with van der Waals surface area (Å²) in [5.74, 6) is 1.69. The van der Waals surface area contributed by atoms with E-state index in [0.29, 0.717) is 0 Å². The largest absolute Gasteiger partial charge is 0.457 e. The standard InChI is InChI=1S/C17H22N2O/c1-3-4-5-14-6-8-16(9-7-14)20-17-10-11-19-15(12-17)13-18-2/h6-12,18H,3-5,13H2,1-2H3. The van der Waals surface area contributed by atoms with Crippen molar-refractivity contribution in [1.82, 2.24) is 10.3 Å². The van der Waals surface area contributed by atoms with Crippen molar-refractivity contribution in [2.75, 3.05) is 7.05 Å². The van der Waals surface area contributed by atoms with E-state index < -0.39 is 0 Å². The third kappa shape index (κ3) is 4.35. The Morgan fingerprint density at radius 3 is 2.60 bits per heavy atom. The lowest BCUT2D eigenvalue weighted by molar-refractivity contribution is 0.480. The van der Waals surface area contributed by atoms with E-state index in [-0.39, 0.29) is 0 Å². The smallest absolute Gasteiger partial charge is 0.130 e. The lowest BCUT2D eigenvalue weighted by atomic mass is 10.1. The third-order valence-electron chi connectivity index (χ3n) is 3.12. The molecule has 1 heterocycles. The van der Waals surface area contributed by atoms with Crippen molar-refractivity contribution in [1.29, 1.82) is 0 Å². The molecular weight excluding hydrogens is 248 g/mol. The number of hydrogen-bond donors (Lipinski definition) is 1. The van der Waals surface area contributed by atoms with Crippen molar-refractivity contribution in [3.05, 3.63) is 53.9 Å². The van der Waals surface area contributed by atoms with Gasteiger partial charge in [0.2, 0.25) is 0 Å². The molecule has 0 saturated heterocycles. The molecule has 3 nitrogen and oxygen atoms in total. The first-order valence-electron chi connectivity index (χ1n) is 7.18. The normalized spacial score (nSPS) is 10.5. The maximum Gasteiger partial charge on any atom is 0.130 e. The molecule has 0 spiro atoms. The van der Waals surface area contributed by atoms with Gasteiger partial charge in [-0.25, -0.2) is 0 Å². The summed E-state index contributed by atoms with van der Waals surface area (Å²) in [6.07, 6.45) is 5.37. The van der Waals surface area contributed by atoms with E-state index in [9.17, 15) is 0 Å². The van der Waals surface area contributed by atoms with E-state index >= 15 is 0 Å². The Hall–Kier alpha value is -1.87. The molecule has 0 atom stereocenters. The summed E-state index contributed by atoms with van der Waals surface area (Å²) in [6, 6.07) is 12.2. The number of benzene rings is 1. The van der Waals surface area contributed by atoms with Gasteiger partial charge in [-0.3, -0.25) is 4.98 Å². The maximum absolute atomic E-state index is 5.86. The van der Waals surface area contributed by atoms with Gasteiger partial charge in [-0.05, 0) is 43.7 Å². The zero-order chi connectivity index (χ0) is 14.2. The van der Waals surface area contributed by atoms with Crippen LogP contribution in [-0.2, 0) is 13.0 Å². The molecule has 1 aromatic carbocycles. The molecule has 0 aliphatic carbocycles. The molecule has 106 valence electrons. The SMILES string of the molecule is CCCCc1ccc(Oc2ccnc(CNC)c2)cc1. The van der Waals surface area contributed by atoms with E-state index in [0.717, 1.165) is 30.2 Å². The predicted octanol–water partition coefficient (Wildman–Crippen LogP) is 3.94. The molecule has 0 aliphatic rings. The molecule has 0 fully saturated rings. The first kappa shape index (κ1) is 14.5. The molecule has 2 aromatic rings. The quantitative estimate of drug-likeness (QED) is 0.827. The zero-order valence-electron chi connectivity index (χ0n) is 12.2. The highest BCUT2D eigenvalue weighted by molar-refractivity contribution is 5.33. The zero-order valence-corrected chi connectivity index (χ0v) is 12.2. The lowest BCUT2D eigenvalue weighted by Gasteiger charge is -2.08. The number of hydrogen-bond acceptors (Lipinski definition) is 3. The first-order valence-corrected chi connectivity index (χ1v) is 7.18. The van der Waals surface area contributed by atoms with Gasteiger partial charge in [0.15, 0.2) is 0 Å². The molecule has 0 saturated carbocycles. The maximum atomic E-state index is 5.86. The number of rotatable bonds is 7. The minimum absolute atomic E-state index is 0.743. The molecule has 0 radical (unpaired) electrons. The van der Waals surface area contributed by atoms with Crippen molar-refractivity contribution >= 4 is 0 Å². The van der Waals surface area contributed by atoms with E-state index in [4.69, 9.17) is 4.74 Å². The second-order valence-electron chi connectivity index (χ2n) is 4.86. The van der Waals surface area contributed by atoms with Gasteiger partial charge in [-0.1, -0.05) is 25.5 Å². The predicted molar refractivity (Wildman–Crippen MR) is 82.1 cm³/mol. The van der Waals surface area contributed by atoms with Crippen LogP contribution in [0.25, 0.3) is 0 Å². The number of ether oxygens (including phenoxy) is 1. The molecule has 1 N–H and O–H groups in total. The highest BCUT2D eigenvalue weighted by Gasteiger charge is 2.00. The van der Waals surface area contributed by atoms with Crippen LogP contribution in [0.2, 0.25) is 0 Å². The van der Waals surface area contributed by atoms with Crippen molar-refractivity contribution in [2.24, 2.45) is 0 Å². The number of pyridine rings is 1. The number of aryl methyl sites for hydroxylation is 1. The average molecular weight is 270 g/mol. The van der Waals surface area contributed by atoms with Crippen molar-refractivity contribution in [3.63, 3.8) is 0 Å². The van der Waals surface area contributed by atoms with Crippen LogP contribution in [0.1, 0.15) is 31.0 Å². The molecule has 20 heavy (non-hydrogen) atoms. The summed E-state index contributed by atoms with van der Waals surface area (Å²) in [5, 5.41) is 3.08. The Morgan fingerprint density at radius 1 is 1.10 bits per heavy atom. The summed E-state index contributed by atoms with van der Waals surface area (Å²) >= 11 is 0. The molecule has 0 unspecified atom stereocenters. The first-order chi connectivity index (χ1) is 9.81. The fraction of sp³-hybridized carbons (Fsp3) is 0.353. The van der Waals surface area contributed by atoms with Gasteiger partial charge in [-0.2, -0.15) is 0 Å².